The smallest absolute Gasteiger partial charge is 0.320 e. The number of hydrogen-bond donors (Lipinski definition) is 2. The largest absolute Gasteiger partial charge is 0.480 e. The molecule has 0 amide bonds. The summed E-state index contributed by atoms with van der Waals surface area (Å²) in [6, 6.07) is 3.95. The fraction of sp³-hybridized carbons (Fsp3) is 0.222. The lowest BCUT2D eigenvalue weighted by molar-refractivity contribution is -0.138. The van der Waals surface area contributed by atoms with Gasteiger partial charge in [-0.25, -0.2) is 0 Å². The summed E-state index contributed by atoms with van der Waals surface area (Å²) in [6.07, 6.45) is 0.200. The van der Waals surface area contributed by atoms with Crippen LogP contribution in [0.4, 0.5) is 0 Å². The van der Waals surface area contributed by atoms with Gasteiger partial charge in [-0.1, -0.05) is 29.3 Å². The van der Waals surface area contributed by atoms with Crippen LogP contribution in [0.5, 0.6) is 0 Å². The Hall–Kier alpha value is -0.770. The van der Waals surface area contributed by atoms with Crippen molar-refractivity contribution in [2.75, 3.05) is 0 Å². The molecule has 5 heteroatoms. The quantitative estimate of drug-likeness (QED) is 0.839. The summed E-state index contributed by atoms with van der Waals surface area (Å²) in [4.78, 5) is 10.5. The van der Waals surface area contributed by atoms with Crippen molar-refractivity contribution in [2.24, 2.45) is 5.73 Å². The Kier molecular flexibility index (Phi) is 3.75. The van der Waals surface area contributed by atoms with E-state index in [-0.39, 0.29) is 6.42 Å². The molecule has 0 aromatic heterocycles. The van der Waals surface area contributed by atoms with Gasteiger partial charge in [0.05, 0.1) is 0 Å². The van der Waals surface area contributed by atoms with E-state index in [0.29, 0.717) is 15.6 Å². The fourth-order valence-corrected chi connectivity index (χ4v) is 1.50. The van der Waals surface area contributed by atoms with Crippen LogP contribution in [0, 0.1) is 0 Å². The molecule has 1 aromatic carbocycles. The Balaban J connectivity index is 2.82. The van der Waals surface area contributed by atoms with E-state index < -0.39 is 12.0 Å². The van der Waals surface area contributed by atoms with Crippen molar-refractivity contribution in [2.45, 2.75) is 12.5 Å². The molecule has 0 spiro atoms. The zero-order chi connectivity index (χ0) is 10.7. The monoisotopic (exact) mass is 233 g/mol. The van der Waals surface area contributed by atoms with Crippen LogP contribution < -0.4 is 5.73 Å². The normalized spacial score (nSPS) is 12.5. The molecule has 0 aliphatic rings. The summed E-state index contributed by atoms with van der Waals surface area (Å²) in [5, 5.41) is 9.55. The number of benzene rings is 1. The molecule has 0 fully saturated rings. The van der Waals surface area contributed by atoms with Gasteiger partial charge < -0.3 is 10.8 Å². The SMILES string of the molecule is N[C@H](Cc1ccc(Cl)cc1Cl)C(=O)O. The molecule has 1 rings (SSSR count). The second-order valence-electron chi connectivity index (χ2n) is 2.88. The Bertz CT molecular complexity index is 355. The van der Waals surface area contributed by atoms with Crippen LogP contribution in [0.1, 0.15) is 5.56 Å². The van der Waals surface area contributed by atoms with Crippen LogP contribution in [0.15, 0.2) is 18.2 Å². The van der Waals surface area contributed by atoms with Gasteiger partial charge in [0.2, 0.25) is 0 Å². The van der Waals surface area contributed by atoms with Gasteiger partial charge >= 0.3 is 5.97 Å². The first-order valence-electron chi connectivity index (χ1n) is 3.93. The maximum Gasteiger partial charge on any atom is 0.320 e. The summed E-state index contributed by atoms with van der Waals surface area (Å²) in [5.41, 5.74) is 6.05. The second-order valence-corrected chi connectivity index (χ2v) is 3.73. The molecule has 0 radical (unpaired) electrons. The van der Waals surface area contributed by atoms with E-state index in [1.165, 1.54) is 0 Å². The first-order chi connectivity index (χ1) is 6.50. The molecule has 0 saturated heterocycles. The summed E-state index contributed by atoms with van der Waals surface area (Å²) >= 11 is 11.5. The maximum absolute atomic E-state index is 10.5. The highest BCUT2D eigenvalue weighted by Crippen LogP contribution is 2.21. The van der Waals surface area contributed by atoms with E-state index in [0.717, 1.165) is 0 Å². The molecule has 1 aromatic rings. The third-order valence-corrected chi connectivity index (χ3v) is 2.36. The predicted octanol–water partition coefficient (Wildman–Crippen LogP) is 1.95. The van der Waals surface area contributed by atoms with Crippen LogP contribution in [0.25, 0.3) is 0 Å². The molecule has 76 valence electrons. The average molecular weight is 234 g/mol. The highest BCUT2D eigenvalue weighted by Gasteiger charge is 2.13. The maximum atomic E-state index is 10.5. The molecule has 1 atom stereocenters. The third-order valence-electron chi connectivity index (χ3n) is 1.77. The standard InChI is InChI=1S/C9H9Cl2NO2/c10-6-2-1-5(7(11)4-6)3-8(12)9(13)14/h1-2,4,8H,3,12H2,(H,13,14)/t8-/m1/s1. The number of carboxylic acid groups (broad SMARTS) is 1. The Morgan fingerprint density at radius 3 is 2.64 bits per heavy atom. The minimum atomic E-state index is -1.05. The summed E-state index contributed by atoms with van der Waals surface area (Å²) in [7, 11) is 0. The van der Waals surface area contributed by atoms with E-state index in [1.807, 2.05) is 0 Å². The van der Waals surface area contributed by atoms with Crippen molar-refractivity contribution < 1.29 is 9.90 Å². The lowest BCUT2D eigenvalue weighted by Crippen LogP contribution is -2.32. The fourth-order valence-electron chi connectivity index (χ4n) is 1.01. The van der Waals surface area contributed by atoms with Crippen molar-refractivity contribution in [3.63, 3.8) is 0 Å². The van der Waals surface area contributed by atoms with Crippen molar-refractivity contribution in [3.8, 4) is 0 Å². The van der Waals surface area contributed by atoms with Crippen LogP contribution in [0.2, 0.25) is 10.0 Å². The van der Waals surface area contributed by atoms with Gasteiger partial charge in [0, 0.05) is 10.0 Å². The molecule has 0 bridgehead atoms. The van der Waals surface area contributed by atoms with E-state index >= 15 is 0 Å². The van der Waals surface area contributed by atoms with E-state index in [2.05, 4.69) is 0 Å². The average Bonchev–Trinajstić information content (AvgIpc) is 2.09. The Morgan fingerprint density at radius 1 is 1.50 bits per heavy atom. The van der Waals surface area contributed by atoms with Crippen molar-refractivity contribution in [3.05, 3.63) is 33.8 Å². The van der Waals surface area contributed by atoms with Gasteiger partial charge in [0.1, 0.15) is 6.04 Å². The Morgan fingerprint density at radius 2 is 2.14 bits per heavy atom. The number of nitrogens with two attached hydrogens (primary N) is 1. The molecule has 0 saturated carbocycles. The van der Waals surface area contributed by atoms with Gasteiger partial charge in [0.15, 0.2) is 0 Å². The first kappa shape index (κ1) is 11.3. The Labute approximate surface area is 91.4 Å². The molecule has 3 N–H and O–H groups in total. The van der Waals surface area contributed by atoms with E-state index in [1.54, 1.807) is 18.2 Å². The van der Waals surface area contributed by atoms with Gasteiger partial charge in [-0.3, -0.25) is 4.79 Å². The molecule has 0 unspecified atom stereocenters. The zero-order valence-corrected chi connectivity index (χ0v) is 8.72. The van der Waals surface area contributed by atoms with Crippen LogP contribution in [-0.2, 0) is 11.2 Å². The highest BCUT2D eigenvalue weighted by molar-refractivity contribution is 6.35. The number of hydrogen-bond acceptors (Lipinski definition) is 2. The van der Waals surface area contributed by atoms with Gasteiger partial charge in [-0.15, -0.1) is 0 Å². The molecular weight excluding hydrogens is 225 g/mol. The van der Waals surface area contributed by atoms with Gasteiger partial charge in [-0.05, 0) is 24.1 Å². The van der Waals surface area contributed by atoms with Gasteiger partial charge in [-0.2, -0.15) is 0 Å². The van der Waals surface area contributed by atoms with Crippen molar-refractivity contribution >= 4 is 29.2 Å². The number of rotatable bonds is 3. The van der Waals surface area contributed by atoms with Crippen LogP contribution in [0.3, 0.4) is 0 Å². The minimum absolute atomic E-state index is 0.200. The number of aliphatic carboxylic acids is 1. The lowest BCUT2D eigenvalue weighted by atomic mass is 10.1. The summed E-state index contributed by atoms with van der Waals surface area (Å²) < 4.78 is 0. The minimum Gasteiger partial charge on any atom is -0.480 e. The molecule has 0 aliphatic carbocycles. The third kappa shape index (κ3) is 2.87. The summed E-state index contributed by atoms with van der Waals surface area (Å²) in [6.45, 7) is 0. The number of carbonyl (C=O) groups is 1. The number of halogens is 2. The van der Waals surface area contributed by atoms with E-state index in [4.69, 9.17) is 34.0 Å². The summed E-state index contributed by atoms with van der Waals surface area (Å²) in [5.74, 6) is -1.05. The molecule has 3 nitrogen and oxygen atoms in total. The van der Waals surface area contributed by atoms with Gasteiger partial charge in [0.25, 0.3) is 0 Å². The second kappa shape index (κ2) is 4.64. The van der Waals surface area contributed by atoms with Crippen molar-refractivity contribution in [1.29, 1.82) is 0 Å². The van der Waals surface area contributed by atoms with Crippen LogP contribution in [-0.4, -0.2) is 17.1 Å². The molecule has 14 heavy (non-hydrogen) atoms. The zero-order valence-electron chi connectivity index (χ0n) is 7.21. The number of carboxylic acids is 1. The first-order valence-corrected chi connectivity index (χ1v) is 4.68. The predicted molar refractivity (Wildman–Crippen MR) is 55.8 cm³/mol. The van der Waals surface area contributed by atoms with Crippen molar-refractivity contribution in [1.82, 2.24) is 0 Å². The molecule has 0 aliphatic heterocycles. The lowest BCUT2D eigenvalue weighted by Gasteiger charge is -2.08. The topological polar surface area (TPSA) is 63.3 Å². The molecule has 0 heterocycles. The van der Waals surface area contributed by atoms with Crippen LogP contribution >= 0.6 is 23.2 Å². The highest BCUT2D eigenvalue weighted by atomic mass is 35.5. The molecular formula is C9H9Cl2NO2. The van der Waals surface area contributed by atoms with E-state index in [9.17, 15) is 4.79 Å².